The average Bonchev–Trinajstić information content (AvgIpc) is 2.31. The second-order valence-corrected chi connectivity index (χ2v) is 4.66. The lowest BCUT2D eigenvalue weighted by molar-refractivity contribution is 0.183. The number of nitrogens with two attached hydrogens (primary N) is 1. The van der Waals surface area contributed by atoms with E-state index in [2.05, 4.69) is 18.9 Å². The van der Waals surface area contributed by atoms with E-state index in [9.17, 15) is 0 Å². The Bertz CT molecular complexity index is 357. The molecule has 0 aliphatic heterocycles. The van der Waals surface area contributed by atoms with Crippen molar-refractivity contribution in [3.63, 3.8) is 0 Å². The summed E-state index contributed by atoms with van der Waals surface area (Å²) in [5.74, 6) is 0. The number of hydrogen-bond acceptors (Lipinski definition) is 3. The summed E-state index contributed by atoms with van der Waals surface area (Å²) in [5, 5.41) is 0.747. The third-order valence-electron chi connectivity index (χ3n) is 2.91. The third-order valence-corrected chi connectivity index (χ3v) is 3.15. The molecule has 1 aromatic rings. The molecular formula is C13H21ClN2O. The maximum absolute atomic E-state index is 6.05. The largest absolute Gasteiger partial charge is 0.383 e. The van der Waals surface area contributed by atoms with Crippen LogP contribution >= 0.6 is 11.6 Å². The molecule has 1 unspecified atom stereocenters. The minimum Gasteiger partial charge on any atom is -0.383 e. The van der Waals surface area contributed by atoms with Crippen LogP contribution in [0.5, 0.6) is 0 Å². The van der Waals surface area contributed by atoms with Crippen molar-refractivity contribution in [3.8, 4) is 0 Å². The van der Waals surface area contributed by atoms with E-state index in [1.807, 2.05) is 18.2 Å². The Morgan fingerprint density at radius 3 is 2.76 bits per heavy atom. The summed E-state index contributed by atoms with van der Waals surface area (Å²) < 4.78 is 5.18. The van der Waals surface area contributed by atoms with Crippen LogP contribution in [0.15, 0.2) is 18.2 Å². The van der Waals surface area contributed by atoms with Crippen molar-refractivity contribution in [2.45, 2.75) is 19.4 Å². The standard InChI is InChI=1S/C13H21ClN2O/c1-10(9-17-3)16(2)13-8-12(14)5-4-11(13)6-7-15/h4-5,8,10H,6-7,9,15H2,1-3H3. The molecule has 0 radical (unpaired) electrons. The van der Waals surface area contributed by atoms with E-state index >= 15 is 0 Å². The minimum atomic E-state index is 0.301. The lowest BCUT2D eigenvalue weighted by Gasteiger charge is -2.28. The molecule has 1 rings (SSSR count). The second kappa shape index (κ2) is 6.84. The van der Waals surface area contributed by atoms with Gasteiger partial charge in [0, 0.05) is 30.9 Å². The maximum atomic E-state index is 6.05. The molecule has 0 saturated heterocycles. The van der Waals surface area contributed by atoms with Crippen molar-refractivity contribution in [1.82, 2.24) is 0 Å². The van der Waals surface area contributed by atoms with Crippen LogP contribution < -0.4 is 10.6 Å². The number of rotatable bonds is 6. The zero-order chi connectivity index (χ0) is 12.8. The van der Waals surface area contributed by atoms with Crippen molar-refractivity contribution >= 4 is 17.3 Å². The van der Waals surface area contributed by atoms with Gasteiger partial charge in [0.1, 0.15) is 0 Å². The predicted molar refractivity (Wildman–Crippen MR) is 74.0 cm³/mol. The lowest BCUT2D eigenvalue weighted by atomic mass is 10.1. The van der Waals surface area contributed by atoms with Gasteiger partial charge in [-0.05, 0) is 37.6 Å². The molecule has 17 heavy (non-hydrogen) atoms. The normalized spacial score (nSPS) is 12.5. The molecule has 0 heterocycles. The van der Waals surface area contributed by atoms with E-state index in [1.54, 1.807) is 7.11 Å². The van der Waals surface area contributed by atoms with Crippen molar-refractivity contribution in [1.29, 1.82) is 0 Å². The molecule has 4 heteroatoms. The van der Waals surface area contributed by atoms with Gasteiger partial charge in [0.15, 0.2) is 0 Å². The lowest BCUT2D eigenvalue weighted by Crippen LogP contribution is -2.33. The van der Waals surface area contributed by atoms with Gasteiger partial charge in [0.25, 0.3) is 0 Å². The van der Waals surface area contributed by atoms with Gasteiger partial charge in [-0.3, -0.25) is 0 Å². The van der Waals surface area contributed by atoms with E-state index < -0.39 is 0 Å². The summed E-state index contributed by atoms with van der Waals surface area (Å²) in [4.78, 5) is 2.18. The summed E-state index contributed by atoms with van der Waals surface area (Å²) in [6.07, 6.45) is 0.858. The van der Waals surface area contributed by atoms with Gasteiger partial charge in [0.05, 0.1) is 6.61 Å². The van der Waals surface area contributed by atoms with Crippen LogP contribution in [-0.4, -0.2) is 33.4 Å². The molecule has 0 spiro atoms. The van der Waals surface area contributed by atoms with Gasteiger partial charge in [0.2, 0.25) is 0 Å². The highest BCUT2D eigenvalue weighted by molar-refractivity contribution is 6.30. The zero-order valence-electron chi connectivity index (χ0n) is 10.7. The predicted octanol–water partition coefficient (Wildman–Crippen LogP) is 2.31. The number of ether oxygens (including phenoxy) is 1. The number of hydrogen-bond donors (Lipinski definition) is 1. The fourth-order valence-electron chi connectivity index (χ4n) is 1.82. The monoisotopic (exact) mass is 256 g/mol. The van der Waals surface area contributed by atoms with E-state index in [1.165, 1.54) is 5.56 Å². The van der Waals surface area contributed by atoms with Gasteiger partial charge in [-0.2, -0.15) is 0 Å². The van der Waals surface area contributed by atoms with Crippen LogP contribution in [0.1, 0.15) is 12.5 Å². The van der Waals surface area contributed by atoms with E-state index in [0.29, 0.717) is 19.2 Å². The molecular weight excluding hydrogens is 236 g/mol. The van der Waals surface area contributed by atoms with Crippen LogP contribution in [-0.2, 0) is 11.2 Å². The van der Waals surface area contributed by atoms with Crippen LogP contribution in [0.4, 0.5) is 5.69 Å². The molecule has 96 valence electrons. The van der Waals surface area contributed by atoms with Crippen molar-refractivity contribution in [2.75, 3.05) is 32.2 Å². The topological polar surface area (TPSA) is 38.5 Å². The molecule has 0 bridgehead atoms. The van der Waals surface area contributed by atoms with Gasteiger partial charge in [-0.1, -0.05) is 17.7 Å². The Hall–Kier alpha value is -0.770. The van der Waals surface area contributed by atoms with Crippen LogP contribution in [0, 0.1) is 0 Å². The SMILES string of the molecule is COCC(C)N(C)c1cc(Cl)ccc1CCN. The molecule has 0 aliphatic carbocycles. The number of methoxy groups -OCH3 is 1. The first kappa shape index (κ1) is 14.3. The minimum absolute atomic E-state index is 0.301. The van der Waals surface area contributed by atoms with Crippen LogP contribution in [0.2, 0.25) is 5.02 Å². The second-order valence-electron chi connectivity index (χ2n) is 4.23. The quantitative estimate of drug-likeness (QED) is 0.849. The molecule has 0 fully saturated rings. The molecule has 2 N–H and O–H groups in total. The Morgan fingerprint density at radius 1 is 1.47 bits per heavy atom. The number of anilines is 1. The smallest absolute Gasteiger partial charge is 0.0663 e. The van der Waals surface area contributed by atoms with Gasteiger partial charge < -0.3 is 15.4 Å². The van der Waals surface area contributed by atoms with Crippen molar-refractivity contribution < 1.29 is 4.74 Å². The Labute approximate surface area is 109 Å². The number of nitrogens with zero attached hydrogens (tertiary/aromatic N) is 1. The van der Waals surface area contributed by atoms with Gasteiger partial charge >= 0.3 is 0 Å². The Morgan fingerprint density at radius 2 is 2.18 bits per heavy atom. The number of benzene rings is 1. The highest BCUT2D eigenvalue weighted by Gasteiger charge is 2.13. The van der Waals surface area contributed by atoms with E-state index in [0.717, 1.165) is 17.1 Å². The van der Waals surface area contributed by atoms with Gasteiger partial charge in [-0.15, -0.1) is 0 Å². The van der Waals surface area contributed by atoms with E-state index in [4.69, 9.17) is 22.1 Å². The van der Waals surface area contributed by atoms with Crippen LogP contribution in [0.25, 0.3) is 0 Å². The summed E-state index contributed by atoms with van der Waals surface area (Å²) in [6.45, 7) is 3.45. The Balaban J connectivity index is 2.96. The zero-order valence-corrected chi connectivity index (χ0v) is 11.5. The first-order valence-corrected chi connectivity index (χ1v) is 6.18. The van der Waals surface area contributed by atoms with Crippen molar-refractivity contribution in [3.05, 3.63) is 28.8 Å². The third kappa shape index (κ3) is 3.87. The fourth-order valence-corrected chi connectivity index (χ4v) is 1.99. The van der Waals surface area contributed by atoms with E-state index in [-0.39, 0.29) is 0 Å². The highest BCUT2D eigenvalue weighted by atomic mass is 35.5. The molecule has 0 amide bonds. The van der Waals surface area contributed by atoms with Gasteiger partial charge in [-0.25, -0.2) is 0 Å². The van der Waals surface area contributed by atoms with Crippen LogP contribution in [0.3, 0.4) is 0 Å². The average molecular weight is 257 g/mol. The molecule has 0 aliphatic rings. The molecule has 0 aromatic heterocycles. The summed E-state index contributed by atoms with van der Waals surface area (Å²) in [7, 11) is 3.76. The fraction of sp³-hybridized carbons (Fsp3) is 0.538. The molecule has 0 saturated carbocycles. The first-order chi connectivity index (χ1) is 8.10. The Kier molecular flexibility index (Phi) is 5.75. The number of likely N-dealkylation sites (N-methyl/N-ethyl adjacent to an activating group) is 1. The maximum Gasteiger partial charge on any atom is 0.0663 e. The molecule has 1 atom stereocenters. The summed E-state index contributed by atoms with van der Waals surface area (Å²) in [5.41, 5.74) is 7.98. The summed E-state index contributed by atoms with van der Waals surface area (Å²) in [6, 6.07) is 6.24. The number of halogens is 1. The highest BCUT2D eigenvalue weighted by Crippen LogP contribution is 2.25. The molecule has 3 nitrogen and oxygen atoms in total. The van der Waals surface area contributed by atoms with Crippen molar-refractivity contribution in [2.24, 2.45) is 5.73 Å². The molecule has 1 aromatic carbocycles. The first-order valence-electron chi connectivity index (χ1n) is 5.80. The summed E-state index contributed by atoms with van der Waals surface area (Å²) >= 11 is 6.05.